The fourth-order valence-corrected chi connectivity index (χ4v) is 2.56. The molecule has 2 N–H and O–H groups in total. The molecule has 0 spiro atoms. The fourth-order valence-electron chi connectivity index (χ4n) is 2.56. The predicted octanol–water partition coefficient (Wildman–Crippen LogP) is 2.00. The lowest BCUT2D eigenvalue weighted by molar-refractivity contribution is 0.0984. The Bertz CT molecular complexity index is 655. The Hall–Kier alpha value is -2.14. The number of nitrogens with two attached hydrogens (primary N) is 1. The molecule has 0 radical (unpaired) electrons. The standard InChI is InChI=1S/C16H20N4O/c1-11-15(10-19(2)18-11)16(21)20(14-7-8-14)13-5-3-12(9-17)4-6-13/h3-6,10,14H,7-9,17H2,1-2H3. The molecule has 1 saturated carbocycles. The van der Waals surface area contributed by atoms with Crippen molar-refractivity contribution in [3.63, 3.8) is 0 Å². The molecule has 1 aromatic heterocycles. The van der Waals surface area contributed by atoms with Crippen LogP contribution < -0.4 is 10.6 Å². The van der Waals surface area contributed by atoms with Gasteiger partial charge in [-0.25, -0.2) is 0 Å². The van der Waals surface area contributed by atoms with Gasteiger partial charge in [0.2, 0.25) is 0 Å². The maximum atomic E-state index is 12.9. The number of hydrogen-bond acceptors (Lipinski definition) is 3. The van der Waals surface area contributed by atoms with Gasteiger partial charge in [-0.1, -0.05) is 12.1 Å². The first-order valence-corrected chi connectivity index (χ1v) is 7.23. The molecule has 0 saturated heterocycles. The molecule has 0 bridgehead atoms. The average Bonchev–Trinajstić information content (AvgIpc) is 3.24. The van der Waals surface area contributed by atoms with Crippen molar-refractivity contribution >= 4 is 11.6 Å². The molecule has 110 valence electrons. The lowest BCUT2D eigenvalue weighted by atomic mass is 10.1. The predicted molar refractivity (Wildman–Crippen MR) is 82.1 cm³/mol. The summed E-state index contributed by atoms with van der Waals surface area (Å²) in [5, 5.41) is 4.27. The zero-order valence-corrected chi connectivity index (χ0v) is 12.4. The third kappa shape index (κ3) is 2.69. The molecule has 3 rings (SSSR count). The van der Waals surface area contributed by atoms with Crippen LogP contribution in [-0.4, -0.2) is 21.7 Å². The monoisotopic (exact) mass is 284 g/mol. The largest absolute Gasteiger partial charge is 0.326 e. The number of amides is 1. The Morgan fingerprint density at radius 2 is 2.05 bits per heavy atom. The van der Waals surface area contributed by atoms with Crippen LogP contribution >= 0.6 is 0 Å². The number of carbonyl (C=O) groups excluding carboxylic acids is 1. The number of hydrogen-bond donors (Lipinski definition) is 1. The van der Waals surface area contributed by atoms with Crippen molar-refractivity contribution in [2.45, 2.75) is 32.4 Å². The quantitative estimate of drug-likeness (QED) is 0.934. The number of aryl methyl sites for hydroxylation is 2. The maximum Gasteiger partial charge on any atom is 0.261 e. The number of benzene rings is 1. The van der Waals surface area contributed by atoms with Gasteiger partial charge in [0.05, 0.1) is 11.3 Å². The second kappa shape index (κ2) is 5.33. The van der Waals surface area contributed by atoms with Gasteiger partial charge in [0, 0.05) is 31.5 Å². The Balaban J connectivity index is 1.94. The van der Waals surface area contributed by atoms with Crippen molar-refractivity contribution in [2.24, 2.45) is 12.8 Å². The lowest BCUT2D eigenvalue weighted by Gasteiger charge is -2.22. The third-order valence-corrected chi connectivity index (χ3v) is 3.82. The van der Waals surface area contributed by atoms with Gasteiger partial charge >= 0.3 is 0 Å². The molecule has 1 aliphatic rings. The summed E-state index contributed by atoms with van der Waals surface area (Å²) in [6.45, 7) is 2.38. The van der Waals surface area contributed by atoms with Gasteiger partial charge in [-0.2, -0.15) is 5.10 Å². The van der Waals surface area contributed by atoms with E-state index >= 15 is 0 Å². The molecule has 0 aliphatic heterocycles. The van der Waals surface area contributed by atoms with Gasteiger partial charge in [0.1, 0.15) is 0 Å². The number of anilines is 1. The molecule has 1 heterocycles. The lowest BCUT2D eigenvalue weighted by Crippen LogP contribution is -2.33. The van der Waals surface area contributed by atoms with Crippen molar-refractivity contribution < 1.29 is 4.79 Å². The molecule has 1 fully saturated rings. The van der Waals surface area contributed by atoms with E-state index in [1.54, 1.807) is 10.9 Å². The van der Waals surface area contributed by atoms with Crippen LogP contribution in [0.4, 0.5) is 5.69 Å². The van der Waals surface area contributed by atoms with E-state index in [4.69, 9.17) is 5.73 Å². The van der Waals surface area contributed by atoms with Crippen molar-refractivity contribution in [3.05, 3.63) is 47.3 Å². The van der Waals surface area contributed by atoms with Gasteiger partial charge in [-0.3, -0.25) is 9.48 Å². The summed E-state index contributed by atoms with van der Waals surface area (Å²) in [6.07, 6.45) is 3.91. The molecular weight excluding hydrogens is 264 g/mol. The van der Waals surface area contributed by atoms with Crippen molar-refractivity contribution in [3.8, 4) is 0 Å². The van der Waals surface area contributed by atoms with Crippen molar-refractivity contribution in [1.29, 1.82) is 0 Å². The van der Waals surface area contributed by atoms with E-state index in [1.165, 1.54) is 0 Å². The van der Waals surface area contributed by atoms with Crippen LogP contribution in [0.5, 0.6) is 0 Å². The van der Waals surface area contributed by atoms with E-state index in [0.29, 0.717) is 18.2 Å². The summed E-state index contributed by atoms with van der Waals surface area (Å²) in [6, 6.07) is 8.22. The van der Waals surface area contributed by atoms with Gasteiger partial charge in [0.25, 0.3) is 5.91 Å². The molecule has 5 heteroatoms. The Labute approximate surface area is 124 Å². The number of carbonyl (C=O) groups is 1. The summed E-state index contributed by atoms with van der Waals surface area (Å²) in [4.78, 5) is 14.8. The van der Waals surface area contributed by atoms with Gasteiger partial charge in [-0.15, -0.1) is 0 Å². The highest BCUT2D eigenvalue weighted by molar-refractivity contribution is 6.07. The molecule has 1 aromatic carbocycles. The Kier molecular flexibility index (Phi) is 3.51. The van der Waals surface area contributed by atoms with Gasteiger partial charge < -0.3 is 10.6 Å². The molecular formula is C16H20N4O. The molecule has 0 unspecified atom stereocenters. The highest BCUT2D eigenvalue weighted by atomic mass is 16.2. The topological polar surface area (TPSA) is 64.2 Å². The highest BCUT2D eigenvalue weighted by Gasteiger charge is 2.35. The minimum atomic E-state index is 0.0311. The van der Waals surface area contributed by atoms with E-state index in [1.807, 2.05) is 43.1 Å². The van der Waals surface area contributed by atoms with E-state index < -0.39 is 0 Å². The van der Waals surface area contributed by atoms with Crippen LogP contribution in [0.25, 0.3) is 0 Å². The minimum absolute atomic E-state index is 0.0311. The number of aromatic nitrogens is 2. The smallest absolute Gasteiger partial charge is 0.261 e. The maximum absolute atomic E-state index is 12.9. The summed E-state index contributed by atoms with van der Waals surface area (Å²) in [5.74, 6) is 0.0311. The Morgan fingerprint density at radius 1 is 1.38 bits per heavy atom. The zero-order valence-electron chi connectivity index (χ0n) is 12.4. The zero-order chi connectivity index (χ0) is 15.0. The summed E-state index contributed by atoms with van der Waals surface area (Å²) in [7, 11) is 1.83. The third-order valence-electron chi connectivity index (χ3n) is 3.82. The first-order valence-electron chi connectivity index (χ1n) is 7.23. The van der Waals surface area contributed by atoms with Crippen LogP contribution in [0.2, 0.25) is 0 Å². The normalized spacial score (nSPS) is 14.2. The van der Waals surface area contributed by atoms with Crippen molar-refractivity contribution in [1.82, 2.24) is 9.78 Å². The highest BCUT2D eigenvalue weighted by Crippen LogP contribution is 2.33. The molecule has 2 aromatic rings. The second-order valence-electron chi connectivity index (χ2n) is 5.58. The second-order valence-corrected chi connectivity index (χ2v) is 5.58. The molecule has 1 aliphatic carbocycles. The van der Waals surface area contributed by atoms with Crippen LogP contribution in [0.1, 0.15) is 34.5 Å². The molecule has 21 heavy (non-hydrogen) atoms. The first-order chi connectivity index (χ1) is 10.1. The Morgan fingerprint density at radius 3 is 2.52 bits per heavy atom. The van der Waals surface area contributed by atoms with E-state index in [9.17, 15) is 4.79 Å². The number of nitrogens with zero attached hydrogens (tertiary/aromatic N) is 3. The van der Waals surface area contributed by atoms with Gasteiger partial charge in [0.15, 0.2) is 0 Å². The molecule has 1 amide bonds. The molecule has 5 nitrogen and oxygen atoms in total. The van der Waals surface area contributed by atoms with E-state index in [-0.39, 0.29) is 5.91 Å². The first kappa shape index (κ1) is 13.8. The average molecular weight is 284 g/mol. The van der Waals surface area contributed by atoms with E-state index in [2.05, 4.69) is 5.10 Å². The van der Waals surface area contributed by atoms with E-state index in [0.717, 1.165) is 29.8 Å². The van der Waals surface area contributed by atoms with Gasteiger partial charge in [-0.05, 0) is 37.5 Å². The summed E-state index contributed by atoms with van der Waals surface area (Å²) >= 11 is 0. The summed E-state index contributed by atoms with van der Waals surface area (Å²) < 4.78 is 1.69. The minimum Gasteiger partial charge on any atom is -0.326 e. The van der Waals surface area contributed by atoms with Crippen LogP contribution in [-0.2, 0) is 13.6 Å². The SMILES string of the molecule is Cc1nn(C)cc1C(=O)N(c1ccc(CN)cc1)C1CC1. The van der Waals surface area contributed by atoms with Crippen LogP contribution in [0, 0.1) is 6.92 Å². The van der Waals surface area contributed by atoms with Crippen LogP contribution in [0.15, 0.2) is 30.5 Å². The van der Waals surface area contributed by atoms with Crippen LogP contribution in [0.3, 0.4) is 0 Å². The summed E-state index contributed by atoms with van der Waals surface area (Å²) in [5.41, 5.74) is 9.08. The fraction of sp³-hybridized carbons (Fsp3) is 0.375. The molecule has 0 atom stereocenters. The number of rotatable bonds is 4. The van der Waals surface area contributed by atoms with Crippen molar-refractivity contribution in [2.75, 3.05) is 4.90 Å².